The summed E-state index contributed by atoms with van der Waals surface area (Å²) in [5, 5.41) is 1.15. The standard InChI is InChI=1S/C37H40N3O2.C15H15FN.Ir/c1-19(2)23-15-26(20(3)4)32(27(16-23)21(5)6)36-40-28-14-13-25-31-22(7)11-12-24(33(31)41-34(25)35(28)42-36)29-17-30(37(8,9)10)39-18-38-29;1-15(2,3)12-8-9-17-14(10-12)11-4-6-13(16)7-5-11;/h11,13-21H,1-10H3;4,6-10H,1-3H3;/q2*-1;/i7D3;;. The first-order chi connectivity index (χ1) is 29.0. The maximum atomic E-state index is 12.8. The van der Waals surface area contributed by atoms with E-state index in [9.17, 15) is 4.39 Å². The predicted molar refractivity (Wildman–Crippen MR) is 239 cm³/mol. The van der Waals surface area contributed by atoms with E-state index in [0.717, 1.165) is 22.5 Å². The van der Waals surface area contributed by atoms with Crippen molar-refractivity contribution in [1.82, 2.24) is 19.9 Å². The number of fused-ring (bicyclic) bond motifs is 5. The Hall–Kier alpha value is -5.04. The maximum Gasteiger partial charge on any atom is 0.228 e. The number of rotatable bonds is 6. The predicted octanol–water partition coefficient (Wildman–Crippen LogP) is 14.6. The summed E-state index contributed by atoms with van der Waals surface area (Å²) in [4.78, 5) is 18.3. The maximum absolute atomic E-state index is 12.8. The van der Waals surface area contributed by atoms with E-state index in [-0.39, 0.29) is 54.2 Å². The fourth-order valence-corrected chi connectivity index (χ4v) is 7.28. The van der Waals surface area contributed by atoms with Gasteiger partial charge in [-0.15, -0.1) is 47.5 Å². The summed E-state index contributed by atoms with van der Waals surface area (Å²) in [6, 6.07) is 26.3. The van der Waals surface area contributed by atoms with Gasteiger partial charge in [-0.25, -0.2) is 9.97 Å². The molecular formula is C52H55FIrN4O2-2. The van der Waals surface area contributed by atoms with Crippen LogP contribution >= 0.6 is 0 Å². The van der Waals surface area contributed by atoms with Crippen molar-refractivity contribution in [3.63, 3.8) is 0 Å². The largest absolute Gasteiger partial charge is 0.497 e. The molecule has 1 radical (unpaired) electrons. The van der Waals surface area contributed by atoms with Gasteiger partial charge in [-0.3, -0.25) is 9.37 Å². The van der Waals surface area contributed by atoms with Crippen molar-refractivity contribution in [2.24, 2.45) is 0 Å². The van der Waals surface area contributed by atoms with Crippen LogP contribution in [0.1, 0.15) is 138 Å². The van der Waals surface area contributed by atoms with Crippen LogP contribution in [0.4, 0.5) is 4.39 Å². The van der Waals surface area contributed by atoms with Crippen LogP contribution in [0.5, 0.6) is 0 Å². The molecule has 0 saturated carbocycles. The first-order valence-corrected chi connectivity index (χ1v) is 20.4. The Kier molecular flexibility index (Phi) is 11.5. The molecule has 6 nitrogen and oxygen atoms in total. The second kappa shape index (κ2) is 17.1. The molecule has 0 fully saturated rings. The second-order valence-electron chi connectivity index (χ2n) is 18.4. The van der Waals surface area contributed by atoms with E-state index < -0.39 is 6.85 Å². The molecule has 60 heavy (non-hydrogen) atoms. The van der Waals surface area contributed by atoms with Crippen molar-refractivity contribution in [2.45, 2.75) is 119 Å². The van der Waals surface area contributed by atoms with Crippen molar-refractivity contribution in [2.75, 3.05) is 0 Å². The first-order valence-electron chi connectivity index (χ1n) is 21.9. The molecule has 0 amide bonds. The van der Waals surface area contributed by atoms with Gasteiger partial charge in [0.25, 0.3) is 0 Å². The molecule has 0 saturated heterocycles. The smallest absolute Gasteiger partial charge is 0.228 e. The minimum absolute atomic E-state index is 0. The van der Waals surface area contributed by atoms with Gasteiger partial charge in [0.1, 0.15) is 11.8 Å². The number of aromatic nitrogens is 4. The molecule has 313 valence electrons. The van der Waals surface area contributed by atoms with Crippen LogP contribution in [0.25, 0.3) is 67.0 Å². The van der Waals surface area contributed by atoms with Crippen molar-refractivity contribution in [3.8, 4) is 34.0 Å². The van der Waals surface area contributed by atoms with E-state index in [1.165, 1.54) is 46.8 Å². The van der Waals surface area contributed by atoms with Crippen LogP contribution in [0.2, 0.25) is 0 Å². The number of oxazole rings is 1. The van der Waals surface area contributed by atoms with Gasteiger partial charge in [0, 0.05) is 58.3 Å². The summed E-state index contributed by atoms with van der Waals surface area (Å²) in [5.74, 6) is 1.15. The van der Waals surface area contributed by atoms with E-state index in [1.54, 1.807) is 12.3 Å². The van der Waals surface area contributed by atoms with Gasteiger partial charge < -0.3 is 13.8 Å². The number of nitrogens with zero attached hydrogens (tertiary/aromatic N) is 4. The molecule has 0 N–H and O–H groups in total. The molecule has 0 aliphatic rings. The van der Waals surface area contributed by atoms with E-state index in [1.807, 2.05) is 30.3 Å². The van der Waals surface area contributed by atoms with Crippen molar-refractivity contribution in [1.29, 1.82) is 0 Å². The molecule has 4 aromatic carbocycles. The molecule has 8 heteroatoms. The SMILES string of the molecule is CC(C)(C)c1ccnc(-c2[c-]cc(F)cc2)c1.[2H]C([2H])([2H])c1c[c-]c(-c2cc(C(C)(C)C)ncn2)c2oc3c(ccc4nc(-c5c(C(C)C)cc(C(C)C)cc5C(C)C)oc43)c12.[Ir]. The Labute approximate surface area is 372 Å². The van der Waals surface area contributed by atoms with E-state index in [4.69, 9.17) is 17.9 Å². The minimum atomic E-state index is -2.38. The molecule has 4 heterocycles. The normalized spacial score (nSPS) is 13.1. The van der Waals surface area contributed by atoms with Crippen molar-refractivity contribution in [3.05, 3.63) is 131 Å². The summed E-state index contributed by atoms with van der Waals surface area (Å²) >= 11 is 0. The van der Waals surface area contributed by atoms with Gasteiger partial charge in [-0.1, -0.05) is 125 Å². The molecule has 0 unspecified atom stereocenters. The molecule has 0 atom stereocenters. The van der Waals surface area contributed by atoms with Crippen LogP contribution in [0.3, 0.4) is 0 Å². The van der Waals surface area contributed by atoms with E-state index >= 15 is 0 Å². The number of hydrogen-bond acceptors (Lipinski definition) is 6. The fourth-order valence-electron chi connectivity index (χ4n) is 7.28. The van der Waals surface area contributed by atoms with Gasteiger partial charge in [0.2, 0.25) is 5.89 Å². The Morgan fingerprint density at radius 2 is 1.42 bits per heavy atom. The summed E-state index contributed by atoms with van der Waals surface area (Å²) in [6.45, 7) is 23.5. The van der Waals surface area contributed by atoms with Gasteiger partial charge >= 0.3 is 0 Å². The molecule has 0 spiro atoms. The first kappa shape index (κ1) is 40.4. The van der Waals surface area contributed by atoms with Crippen LogP contribution in [-0.4, -0.2) is 19.9 Å². The summed E-state index contributed by atoms with van der Waals surface area (Å²) in [5.41, 5.74) is 11.6. The Bertz CT molecular complexity index is 2890. The number of hydrogen-bond donors (Lipinski definition) is 0. The van der Waals surface area contributed by atoms with Gasteiger partial charge in [0.05, 0.1) is 5.58 Å². The Balaban J connectivity index is 0.000000308. The zero-order valence-electron chi connectivity index (χ0n) is 39.6. The van der Waals surface area contributed by atoms with Crippen LogP contribution in [0, 0.1) is 24.8 Å². The third-order valence-electron chi connectivity index (χ3n) is 10.8. The zero-order chi connectivity index (χ0) is 45.1. The average Bonchev–Trinajstić information content (AvgIpc) is 3.82. The monoisotopic (exact) mass is 982 g/mol. The summed E-state index contributed by atoms with van der Waals surface area (Å²) in [6.07, 6.45) is 3.31. The average molecular weight is 982 g/mol. The third kappa shape index (κ3) is 8.87. The number of halogens is 1. The number of benzene rings is 4. The van der Waals surface area contributed by atoms with E-state index in [2.05, 4.69) is 122 Å². The molecule has 0 aliphatic heterocycles. The topological polar surface area (TPSA) is 77.8 Å². The second-order valence-corrected chi connectivity index (χ2v) is 18.4. The molecule has 0 aliphatic carbocycles. The van der Waals surface area contributed by atoms with Crippen LogP contribution < -0.4 is 0 Å². The quantitative estimate of drug-likeness (QED) is 0.155. The van der Waals surface area contributed by atoms with Gasteiger partial charge in [-0.2, -0.15) is 0 Å². The number of aryl methyl sites for hydroxylation is 1. The molecule has 8 aromatic rings. The Morgan fingerprint density at radius 1 is 0.700 bits per heavy atom. The molecular weight excluding hydrogens is 924 g/mol. The minimum Gasteiger partial charge on any atom is -0.497 e. The van der Waals surface area contributed by atoms with Crippen LogP contribution in [0.15, 0.2) is 88.1 Å². The van der Waals surface area contributed by atoms with Gasteiger partial charge in [0.15, 0.2) is 11.2 Å². The summed E-state index contributed by atoms with van der Waals surface area (Å²) in [7, 11) is 0. The number of pyridine rings is 1. The third-order valence-corrected chi connectivity index (χ3v) is 10.8. The summed E-state index contributed by atoms with van der Waals surface area (Å²) < 4.78 is 51.0. The molecule has 0 bridgehead atoms. The molecule has 4 aromatic heterocycles. The van der Waals surface area contributed by atoms with E-state index in [0.29, 0.717) is 56.1 Å². The zero-order valence-corrected chi connectivity index (χ0v) is 38.9. The number of furan rings is 1. The van der Waals surface area contributed by atoms with Crippen molar-refractivity contribution >= 4 is 33.0 Å². The van der Waals surface area contributed by atoms with Gasteiger partial charge in [-0.05, 0) is 75.0 Å². The van der Waals surface area contributed by atoms with Crippen molar-refractivity contribution < 1.29 is 37.4 Å². The van der Waals surface area contributed by atoms with Crippen LogP contribution in [-0.2, 0) is 30.9 Å². The fraction of sp³-hybridized carbons (Fsp3) is 0.346. The Morgan fingerprint density at radius 3 is 2.02 bits per heavy atom. The molecule has 8 rings (SSSR count).